The van der Waals surface area contributed by atoms with Gasteiger partial charge in [-0.1, -0.05) is 29.3 Å². The lowest BCUT2D eigenvalue weighted by Crippen LogP contribution is -2.66. The van der Waals surface area contributed by atoms with Crippen LogP contribution < -0.4 is 5.32 Å². The van der Waals surface area contributed by atoms with E-state index in [9.17, 15) is 14.4 Å². The lowest BCUT2D eigenvalue weighted by atomic mass is 10.1. The van der Waals surface area contributed by atoms with Gasteiger partial charge in [-0.3, -0.25) is 14.4 Å². The van der Waals surface area contributed by atoms with E-state index in [-0.39, 0.29) is 37.2 Å². The number of amides is 3. The van der Waals surface area contributed by atoms with Crippen molar-refractivity contribution in [2.24, 2.45) is 0 Å². The molecule has 1 aromatic rings. The van der Waals surface area contributed by atoms with Crippen LogP contribution in [0.15, 0.2) is 18.2 Å². The second-order valence-electron chi connectivity index (χ2n) is 5.59. The molecular formula is C15H15Cl2N3O3. The van der Waals surface area contributed by atoms with Crippen molar-refractivity contribution in [2.45, 2.75) is 12.5 Å². The Bertz CT molecular complexity index is 680. The Morgan fingerprint density at radius 1 is 1.22 bits per heavy atom. The van der Waals surface area contributed by atoms with Gasteiger partial charge in [0.1, 0.15) is 6.04 Å². The van der Waals surface area contributed by atoms with E-state index in [0.717, 1.165) is 5.56 Å². The van der Waals surface area contributed by atoms with Crippen LogP contribution in [-0.2, 0) is 20.8 Å². The van der Waals surface area contributed by atoms with Crippen LogP contribution >= 0.6 is 23.2 Å². The van der Waals surface area contributed by atoms with Crippen LogP contribution in [-0.4, -0.2) is 59.7 Å². The quantitative estimate of drug-likeness (QED) is 0.849. The van der Waals surface area contributed by atoms with Gasteiger partial charge >= 0.3 is 0 Å². The molecule has 8 heteroatoms. The molecule has 0 radical (unpaired) electrons. The summed E-state index contributed by atoms with van der Waals surface area (Å²) in [5, 5.41) is 3.39. The van der Waals surface area contributed by atoms with E-state index >= 15 is 0 Å². The van der Waals surface area contributed by atoms with Crippen LogP contribution in [0.3, 0.4) is 0 Å². The summed E-state index contributed by atoms with van der Waals surface area (Å²) in [6.07, 6.45) is 0.180. The van der Waals surface area contributed by atoms with Crippen molar-refractivity contribution < 1.29 is 14.4 Å². The van der Waals surface area contributed by atoms with Gasteiger partial charge < -0.3 is 15.1 Å². The average molecular weight is 356 g/mol. The Morgan fingerprint density at radius 3 is 2.74 bits per heavy atom. The first-order chi connectivity index (χ1) is 11.0. The molecule has 6 nitrogen and oxygen atoms in total. The summed E-state index contributed by atoms with van der Waals surface area (Å²) in [6.45, 7) is 1.06. The summed E-state index contributed by atoms with van der Waals surface area (Å²) in [5.74, 6) is -0.420. The van der Waals surface area contributed by atoms with Gasteiger partial charge in [0.15, 0.2) is 0 Å². The normalized spacial score (nSPS) is 21.0. The van der Waals surface area contributed by atoms with Gasteiger partial charge in [-0.15, -0.1) is 0 Å². The Kier molecular flexibility index (Phi) is 4.46. The summed E-state index contributed by atoms with van der Waals surface area (Å²) in [4.78, 5) is 39.3. The summed E-state index contributed by atoms with van der Waals surface area (Å²) in [5.41, 5.74) is 0.760. The Balaban J connectivity index is 1.67. The van der Waals surface area contributed by atoms with E-state index in [0.29, 0.717) is 23.1 Å². The molecule has 122 valence electrons. The van der Waals surface area contributed by atoms with E-state index in [2.05, 4.69) is 5.32 Å². The molecular weight excluding hydrogens is 341 g/mol. The number of piperazine rings is 2. The highest BCUT2D eigenvalue weighted by Crippen LogP contribution is 2.23. The van der Waals surface area contributed by atoms with Gasteiger partial charge in [0.25, 0.3) is 0 Å². The van der Waals surface area contributed by atoms with E-state index in [1.807, 2.05) is 0 Å². The molecule has 1 N–H and O–H groups in total. The zero-order valence-electron chi connectivity index (χ0n) is 12.2. The molecule has 0 saturated carbocycles. The molecule has 1 aromatic carbocycles. The summed E-state index contributed by atoms with van der Waals surface area (Å²) in [7, 11) is 0. The van der Waals surface area contributed by atoms with E-state index in [1.165, 1.54) is 0 Å². The molecule has 3 rings (SSSR count). The summed E-state index contributed by atoms with van der Waals surface area (Å²) >= 11 is 11.8. The number of hydrogen-bond acceptors (Lipinski definition) is 3. The van der Waals surface area contributed by atoms with E-state index in [1.54, 1.807) is 28.0 Å². The van der Waals surface area contributed by atoms with Gasteiger partial charge in [0, 0.05) is 13.1 Å². The highest BCUT2D eigenvalue weighted by Gasteiger charge is 2.39. The third-order valence-corrected chi connectivity index (χ3v) is 4.85. The Hall–Kier alpha value is -1.79. The van der Waals surface area contributed by atoms with Crippen molar-refractivity contribution in [3.05, 3.63) is 33.8 Å². The van der Waals surface area contributed by atoms with E-state index in [4.69, 9.17) is 23.2 Å². The maximum absolute atomic E-state index is 12.4. The van der Waals surface area contributed by atoms with Gasteiger partial charge in [-0.05, 0) is 17.7 Å². The SMILES string of the molecule is O=C1NCC(=O)N2CCN(C(=O)Cc3ccc(Cl)c(Cl)c3)C[C@@H]12. The van der Waals surface area contributed by atoms with Gasteiger partial charge in [0.05, 0.1) is 29.6 Å². The first-order valence-corrected chi connectivity index (χ1v) is 8.00. The van der Waals surface area contributed by atoms with Crippen molar-refractivity contribution in [3.8, 4) is 0 Å². The van der Waals surface area contributed by atoms with Crippen LogP contribution in [0.4, 0.5) is 0 Å². The van der Waals surface area contributed by atoms with Crippen LogP contribution in [0.2, 0.25) is 10.0 Å². The third-order valence-electron chi connectivity index (χ3n) is 4.11. The van der Waals surface area contributed by atoms with Gasteiger partial charge in [-0.25, -0.2) is 0 Å². The number of hydrogen-bond donors (Lipinski definition) is 1. The molecule has 2 aliphatic heterocycles. The third kappa shape index (κ3) is 3.28. The van der Waals surface area contributed by atoms with Crippen molar-refractivity contribution in [1.29, 1.82) is 0 Å². The van der Waals surface area contributed by atoms with Gasteiger partial charge in [0.2, 0.25) is 17.7 Å². The van der Waals surface area contributed by atoms with Crippen LogP contribution in [0.5, 0.6) is 0 Å². The summed E-state index contributed by atoms with van der Waals surface area (Å²) in [6, 6.07) is 4.47. The minimum atomic E-state index is -0.595. The molecule has 0 bridgehead atoms. The maximum Gasteiger partial charge on any atom is 0.245 e. The fraction of sp³-hybridized carbons (Fsp3) is 0.400. The molecule has 0 spiro atoms. The molecule has 2 aliphatic rings. The van der Waals surface area contributed by atoms with Crippen molar-refractivity contribution >= 4 is 40.9 Å². The zero-order chi connectivity index (χ0) is 16.6. The number of nitrogens with zero attached hydrogens (tertiary/aromatic N) is 2. The van der Waals surface area contributed by atoms with Crippen LogP contribution in [0.1, 0.15) is 5.56 Å². The number of carbonyl (C=O) groups is 3. The number of nitrogens with one attached hydrogen (secondary N) is 1. The number of halogens is 2. The van der Waals surface area contributed by atoms with E-state index < -0.39 is 6.04 Å². The predicted molar refractivity (Wildman–Crippen MR) is 85.3 cm³/mol. The number of carbonyl (C=O) groups excluding carboxylic acids is 3. The average Bonchev–Trinajstić information content (AvgIpc) is 2.54. The predicted octanol–water partition coefficient (Wildman–Crippen LogP) is 0.705. The molecule has 2 fully saturated rings. The Labute approximate surface area is 143 Å². The monoisotopic (exact) mass is 355 g/mol. The molecule has 1 atom stereocenters. The maximum atomic E-state index is 12.4. The van der Waals surface area contributed by atoms with Crippen LogP contribution in [0.25, 0.3) is 0 Å². The van der Waals surface area contributed by atoms with Crippen molar-refractivity contribution in [2.75, 3.05) is 26.2 Å². The molecule has 0 aromatic heterocycles. The zero-order valence-corrected chi connectivity index (χ0v) is 13.7. The largest absolute Gasteiger partial charge is 0.345 e. The highest BCUT2D eigenvalue weighted by molar-refractivity contribution is 6.42. The van der Waals surface area contributed by atoms with Crippen molar-refractivity contribution in [3.63, 3.8) is 0 Å². The fourth-order valence-electron chi connectivity index (χ4n) is 2.85. The topological polar surface area (TPSA) is 69.7 Å². The smallest absolute Gasteiger partial charge is 0.245 e. The minimum Gasteiger partial charge on any atom is -0.345 e. The molecule has 0 unspecified atom stereocenters. The molecule has 23 heavy (non-hydrogen) atoms. The van der Waals surface area contributed by atoms with Gasteiger partial charge in [-0.2, -0.15) is 0 Å². The van der Waals surface area contributed by atoms with Crippen molar-refractivity contribution in [1.82, 2.24) is 15.1 Å². The Morgan fingerprint density at radius 2 is 2.00 bits per heavy atom. The first-order valence-electron chi connectivity index (χ1n) is 7.24. The molecule has 2 saturated heterocycles. The fourth-order valence-corrected chi connectivity index (χ4v) is 3.17. The molecule has 0 aliphatic carbocycles. The number of fused-ring (bicyclic) bond motifs is 1. The second kappa shape index (κ2) is 6.37. The van der Waals surface area contributed by atoms with Crippen LogP contribution in [0, 0.1) is 0 Å². The number of rotatable bonds is 2. The second-order valence-corrected chi connectivity index (χ2v) is 6.40. The lowest BCUT2D eigenvalue weighted by Gasteiger charge is -2.42. The molecule has 3 amide bonds. The summed E-state index contributed by atoms with van der Waals surface area (Å²) < 4.78 is 0. The lowest BCUT2D eigenvalue weighted by molar-refractivity contribution is -0.152. The minimum absolute atomic E-state index is 0.0343. The number of benzene rings is 1. The standard InChI is InChI=1S/C15H15Cl2N3O3/c16-10-2-1-9(5-11(10)17)6-13(21)19-3-4-20-12(8-19)15(23)18-7-14(20)22/h1-2,5,12H,3-4,6-8H2,(H,18,23)/t12-/m0/s1. The molecule has 2 heterocycles. The highest BCUT2D eigenvalue weighted by atomic mass is 35.5. The first kappa shape index (κ1) is 16.1.